The third kappa shape index (κ3) is 3.43. The zero-order chi connectivity index (χ0) is 13.0. The quantitative estimate of drug-likeness (QED) is 0.776. The molecule has 1 aliphatic heterocycles. The molecule has 0 unspecified atom stereocenters. The summed E-state index contributed by atoms with van der Waals surface area (Å²) in [5, 5.41) is 7.34. The number of aromatic nitrogens is 3. The van der Waals surface area contributed by atoms with Gasteiger partial charge >= 0.3 is 0 Å². The molecule has 1 fully saturated rings. The van der Waals surface area contributed by atoms with Gasteiger partial charge in [-0.25, -0.2) is 0 Å². The van der Waals surface area contributed by atoms with Gasteiger partial charge in [0.2, 0.25) is 5.95 Å². The fourth-order valence-electron chi connectivity index (χ4n) is 2.24. The average Bonchev–Trinajstić information content (AvgIpc) is 2.85. The Morgan fingerprint density at radius 1 is 1.39 bits per heavy atom. The van der Waals surface area contributed by atoms with Gasteiger partial charge in [-0.05, 0) is 39.4 Å². The molecule has 2 heterocycles. The first kappa shape index (κ1) is 13.3. The van der Waals surface area contributed by atoms with Crippen LogP contribution in [0.2, 0.25) is 0 Å². The van der Waals surface area contributed by atoms with E-state index in [-0.39, 0.29) is 0 Å². The fourth-order valence-corrected chi connectivity index (χ4v) is 2.24. The smallest absolute Gasteiger partial charge is 0.244 e. The van der Waals surface area contributed by atoms with Crippen LogP contribution in [0.3, 0.4) is 0 Å². The Balaban J connectivity index is 1.86. The normalized spacial score (nSPS) is 17.7. The first-order valence-electron chi connectivity index (χ1n) is 6.70. The Bertz CT molecular complexity index is 353. The number of rotatable bonds is 5. The van der Waals surface area contributed by atoms with E-state index in [0.29, 0.717) is 5.92 Å². The molecule has 3 N–H and O–H groups in total. The van der Waals surface area contributed by atoms with Crippen molar-refractivity contribution in [1.29, 1.82) is 0 Å². The van der Waals surface area contributed by atoms with E-state index in [2.05, 4.69) is 39.1 Å². The molecule has 2 rings (SSSR count). The van der Waals surface area contributed by atoms with Crippen molar-refractivity contribution in [2.75, 3.05) is 45.2 Å². The molecule has 102 valence electrons. The lowest BCUT2D eigenvalue weighted by Gasteiger charge is -2.30. The molecular formula is C12H24N6. The minimum absolute atomic E-state index is 0.674. The van der Waals surface area contributed by atoms with Crippen LogP contribution in [0.15, 0.2) is 0 Å². The molecule has 0 aromatic carbocycles. The van der Waals surface area contributed by atoms with Gasteiger partial charge in [0.1, 0.15) is 5.82 Å². The molecule has 0 atom stereocenters. The highest BCUT2D eigenvalue weighted by Gasteiger charge is 2.20. The van der Waals surface area contributed by atoms with E-state index in [1.54, 1.807) is 0 Å². The van der Waals surface area contributed by atoms with Crippen LogP contribution in [-0.2, 0) is 6.42 Å². The first-order valence-corrected chi connectivity index (χ1v) is 6.70. The Hall–Kier alpha value is -1.14. The Kier molecular flexibility index (Phi) is 4.54. The lowest BCUT2D eigenvalue weighted by molar-refractivity contribution is 0.408. The summed E-state index contributed by atoms with van der Waals surface area (Å²) in [6, 6.07) is 0. The molecule has 1 aromatic heterocycles. The molecule has 6 nitrogen and oxygen atoms in total. The van der Waals surface area contributed by atoms with Gasteiger partial charge in [-0.1, -0.05) is 0 Å². The monoisotopic (exact) mass is 252 g/mol. The molecule has 1 aromatic rings. The van der Waals surface area contributed by atoms with Crippen LogP contribution in [0.1, 0.15) is 18.7 Å². The van der Waals surface area contributed by atoms with Crippen molar-refractivity contribution < 1.29 is 0 Å². The summed E-state index contributed by atoms with van der Waals surface area (Å²) in [5.41, 5.74) is 5.70. The Morgan fingerprint density at radius 3 is 2.72 bits per heavy atom. The minimum atomic E-state index is 0.674. The van der Waals surface area contributed by atoms with Crippen molar-refractivity contribution in [1.82, 2.24) is 20.1 Å². The van der Waals surface area contributed by atoms with Crippen LogP contribution in [0.5, 0.6) is 0 Å². The highest BCUT2D eigenvalue weighted by Crippen LogP contribution is 2.19. The number of likely N-dealkylation sites (N-methyl/N-ethyl adjacent to an activating group) is 1. The first-order chi connectivity index (χ1) is 8.69. The highest BCUT2D eigenvalue weighted by molar-refractivity contribution is 5.29. The maximum atomic E-state index is 5.70. The maximum Gasteiger partial charge on any atom is 0.244 e. The van der Waals surface area contributed by atoms with Crippen molar-refractivity contribution in [3.05, 3.63) is 5.82 Å². The van der Waals surface area contributed by atoms with E-state index in [1.807, 2.05) is 0 Å². The van der Waals surface area contributed by atoms with Gasteiger partial charge in [0.05, 0.1) is 0 Å². The standard InChI is InChI=1S/C12H24N6/c1-17(2)6-5-11-14-12(16-15-11)18-7-3-10(9-13)4-8-18/h10H,3-9,13H2,1-2H3,(H,14,15,16). The van der Waals surface area contributed by atoms with E-state index in [1.165, 1.54) is 0 Å². The Labute approximate surface area is 109 Å². The summed E-state index contributed by atoms with van der Waals surface area (Å²) in [5.74, 6) is 2.49. The third-order valence-corrected chi connectivity index (χ3v) is 3.55. The molecule has 0 saturated carbocycles. The van der Waals surface area contributed by atoms with Crippen LogP contribution in [0, 0.1) is 5.92 Å². The maximum absolute atomic E-state index is 5.70. The van der Waals surface area contributed by atoms with Crippen molar-refractivity contribution in [2.24, 2.45) is 11.7 Å². The van der Waals surface area contributed by atoms with Gasteiger partial charge in [-0.15, -0.1) is 5.10 Å². The molecule has 0 spiro atoms. The largest absolute Gasteiger partial charge is 0.340 e. The van der Waals surface area contributed by atoms with Gasteiger partial charge in [0.25, 0.3) is 0 Å². The number of nitrogens with zero attached hydrogens (tertiary/aromatic N) is 4. The lowest BCUT2D eigenvalue weighted by Crippen LogP contribution is -2.36. The van der Waals surface area contributed by atoms with Crippen molar-refractivity contribution >= 4 is 5.95 Å². The van der Waals surface area contributed by atoms with Gasteiger partial charge < -0.3 is 15.5 Å². The number of H-pyrrole nitrogens is 1. The number of hydrogen-bond acceptors (Lipinski definition) is 5. The summed E-state index contributed by atoms with van der Waals surface area (Å²) < 4.78 is 0. The number of nitrogens with two attached hydrogens (primary N) is 1. The summed E-state index contributed by atoms with van der Waals surface area (Å²) >= 11 is 0. The van der Waals surface area contributed by atoms with E-state index in [9.17, 15) is 0 Å². The molecule has 0 aliphatic carbocycles. The molecule has 18 heavy (non-hydrogen) atoms. The van der Waals surface area contributed by atoms with E-state index in [0.717, 1.165) is 57.2 Å². The zero-order valence-electron chi connectivity index (χ0n) is 11.4. The van der Waals surface area contributed by atoms with E-state index < -0.39 is 0 Å². The second-order valence-electron chi connectivity index (χ2n) is 5.30. The van der Waals surface area contributed by atoms with Crippen LogP contribution in [-0.4, -0.2) is 60.4 Å². The number of piperidine rings is 1. The predicted molar refractivity (Wildman–Crippen MR) is 72.6 cm³/mol. The predicted octanol–water partition coefficient (Wildman–Crippen LogP) is 0.0839. The summed E-state index contributed by atoms with van der Waals surface area (Å²) in [4.78, 5) is 8.96. The molecule has 1 aliphatic rings. The molecule has 0 radical (unpaired) electrons. The van der Waals surface area contributed by atoms with Crippen molar-refractivity contribution in [3.63, 3.8) is 0 Å². The fraction of sp³-hybridized carbons (Fsp3) is 0.833. The average molecular weight is 252 g/mol. The summed E-state index contributed by atoms with van der Waals surface area (Å²) in [6.07, 6.45) is 3.22. The molecule has 1 saturated heterocycles. The van der Waals surface area contributed by atoms with Gasteiger partial charge in [-0.2, -0.15) is 4.98 Å². The minimum Gasteiger partial charge on any atom is -0.340 e. The lowest BCUT2D eigenvalue weighted by atomic mass is 9.97. The van der Waals surface area contributed by atoms with E-state index in [4.69, 9.17) is 5.73 Å². The molecule has 0 bridgehead atoms. The molecule has 6 heteroatoms. The SMILES string of the molecule is CN(C)CCc1nc(N2CCC(CN)CC2)n[nH]1. The number of anilines is 1. The van der Waals surface area contributed by atoms with Gasteiger partial charge in [0, 0.05) is 26.1 Å². The molecular weight excluding hydrogens is 228 g/mol. The third-order valence-electron chi connectivity index (χ3n) is 3.55. The topological polar surface area (TPSA) is 74.1 Å². The van der Waals surface area contributed by atoms with Crippen LogP contribution in [0.25, 0.3) is 0 Å². The highest BCUT2D eigenvalue weighted by atomic mass is 15.4. The van der Waals surface area contributed by atoms with Gasteiger partial charge in [0.15, 0.2) is 0 Å². The van der Waals surface area contributed by atoms with Gasteiger partial charge in [-0.3, -0.25) is 5.10 Å². The second-order valence-corrected chi connectivity index (χ2v) is 5.30. The van der Waals surface area contributed by atoms with Crippen molar-refractivity contribution in [3.8, 4) is 0 Å². The van der Waals surface area contributed by atoms with Crippen LogP contribution < -0.4 is 10.6 Å². The number of aromatic amines is 1. The Morgan fingerprint density at radius 2 is 2.11 bits per heavy atom. The van der Waals surface area contributed by atoms with Crippen LogP contribution in [0.4, 0.5) is 5.95 Å². The van der Waals surface area contributed by atoms with Crippen molar-refractivity contribution in [2.45, 2.75) is 19.3 Å². The second kappa shape index (κ2) is 6.15. The number of hydrogen-bond donors (Lipinski definition) is 2. The van der Waals surface area contributed by atoms with E-state index >= 15 is 0 Å². The summed E-state index contributed by atoms with van der Waals surface area (Å²) in [7, 11) is 4.13. The number of nitrogens with one attached hydrogen (secondary N) is 1. The zero-order valence-corrected chi connectivity index (χ0v) is 11.4. The summed E-state index contributed by atoms with van der Waals surface area (Å²) in [6.45, 7) is 3.83. The molecule has 0 amide bonds. The van der Waals surface area contributed by atoms with Crippen LogP contribution >= 0.6 is 0 Å².